The van der Waals surface area contributed by atoms with E-state index in [4.69, 9.17) is 11.6 Å². The summed E-state index contributed by atoms with van der Waals surface area (Å²) in [6.45, 7) is 0. The van der Waals surface area contributed by atoms with Gasteiger partial charge in [0.2, 0.25) is 0 Å². The Morgan fingerprint density at radius 3 is 2.47 bits per heavy atom. The van der Waals surface area contributed by atoms with Crippen LogP contribution in [0.25, 0.3) is 22.2 Å². The van der Waals surface area contributed by atoms with E-state index in [0.29, 0.717) is 22.3 Å². The van der Waals surface area contributed by atoms with E-state index in [1.165, 1.54) is 24.3 Å². The van der Waals surface area contributed by atoms with Gasteiger partial charge in [0.05, 0.1) is 0 Å². The van der Waals surface area contributed by atoms with Crippen molar-refractivity contribution in [3.63, 3.8) is 0 Å². The first-order valence-electron chi connectivity index (χ1n) is 11.1. The number of carbonyl (C=O) groups excluding carboxylic acids is 1. The van der Waals surface area contributed by atoms with Crippen molar-refractivity contribution in [3.8, 4) is 11.3 Å². The molecule has 0 aliphatic heterocycles. The Bertz CT molecular complexity index is 1710. The number of carboxylic acid groups (broad SMARTS) is 1. The summed E-state index contributed by atoms with van der Waals surface area (Å²) in [4.78, 5) is 40.3. The number of carbonyl (C=O) groups is 2. The molecule has 0 aliphatic carbocycles. The molecule has 12 heteroatoms. The van der Waals surface area contributed by atoms with Crippen LogP contribution in [0.5, 0.6) is 0 Å². The summed E-state index contributed by atoms with van der Waals surface area (Å²) in [5.41, 5.74) is 2.16. The zero-order valence-corrected chi connectivity index (χ0v) is 23.5. The second-order valence-corrected chi connectivity index (χ2v) is 13.9. The van der Waals surface area contributed by atoms with Crippen LogP contribution < -0.4 is 0 Å². The molecule has 9 nitrogen and oxygen atoms in total. The number of benzene rings is 3. The van der Waals surface area contributed by atoms with Gasteiger partial charge in [0.1, 0.15) is 0 Å². The SMILES string of the molecule is CS(=O)(=O)c1ccc(C(=O)[AsH][C@@H](Cc2ccc3nc(-c4ccccc4[N+](=O)[O-])ccc3c2)C(=O)O)c(Cl)c1. The Labute approximate surface area is 229 Å². The number of pyridine rings is 1. The molecule has 1 N–H and O–H groups in total. The molecule has 0 fully saturated rings. The van der Waals surface area contributed by atoms with Gasteiger partial charge in [-0.1, -0.05) is 0 Å². The van der Waals surface area contributed by atoms with Gasteiger partial charge < -0.3 is 0 Å². The molecule has 0 spiro atoms. The quantitative estimate of drug-likeness (QED) is 0.164. The molecule has 1 aromatic heterocycles. The first-order chi connectivity index (χ1) is 17.9. The molecule has 0 saturated carbocycles. The monoisotopic (exact) mass is 614 g/mol. The molecule has 38 heavy (non-hydrogen) atoms. The van der Waals surface area contributed by atoms with E-state index in [1.54, 1.807) is 48.5 Å². The van der Waals surface area contributed by atoms with Crippen LogP contribution in [-0.4, -0.2) is 56.0 Å². The van der Waals surface area contributed by atoms with Crippen molar-refractivity contribution >= 4 is 64.3 Å². The third-order valence-corrected chi connectivity index (χ3v) is 10.0. The third-order valence-electron chi connectivity index (χ3n) is 5.79. The van der Waals surface area contributed by atoms with Gasteiger partial charge in [0.15, 0.2) is 0 Å². The van der Waals surface area contributed by atoms with Gasteiger partial charge in [-0.3, -0.25) is 0 Å². The van der Waals surface area contributed by atoms with E-state index in [2.05, 4.69) is 4.98 Å². The predicted molar refractivity (Wildman–Crippen MR) is 145 cm³/mol. The molecule has 0 aliphatic rings. The van der Waals surface area contributed by atoms with Crippen LogP contribution >= 0.6 is 11.6 Å². The van der Waals surface area contributed by atoms with Crippen molar-refractivity contribution < 1.29 is 28.0 Å². The summed E-state index contributed by atoms with van der Waals surface area (Å²) in [6, 6.07) is 18.8. The summed E-state index contributed by atoms with van der Waals surface area (Å²) in [7, 11) is -3.50. The summed E-state index contributed by atoms with van der Waals surface area (Å²) >= 11 is 4.43. The van der Waals surface area contributed by atoms with Crippen LogP contribution in [0.1, 0.15) is 15.9 Å². The van der Waals surface area contributed by atoms with Gasteiger partial charge in [-0.15, -0.1) is 0 Å². The number of nitro benzene ring substituents is 1. The minimum absolute atomic E-state index is 0.0244. The Morgan fingerprint density at radius 2 is 1.82 bits per heavy atom. The molecule has 1 heterocycles. The summed E-state index contributed by atoms with van der Waals surface area (Å²) in [5.74, 6) is -1.10. The number of hydrogen-bond donors (Lipinski definition) is 1. The van der Waals surface area contributed by atoms with Gasteiger partial charge >= 0.3 is 230 Å². The van der Waals surface area contributed by atoms with Crippen molar-refractivity contribution in [3.05, 3.63) is 99.1 Å². The number of fused-ring (bicyclic) bond motifs is 1. The Balaban J connectivity index is 1.56. The number of para-hydroxylation sites is 1. The van der Waals surface area contributed by atoms with E-state index < -0.39 is 41.2 Å². The molecular formula is C26H20AsClN2O7S. The molecular weight excluding hydrogens is 595 g/mol. The summed E-state index contributed by atoms with van der Waals surface area (Å²) < 4.78 is 22.1. The molecule has 0 bridgehead atoms. The molecule has 0 saturated heterocycles. The molecule has 1 unspecified atom stereocenters. The third kappa shape index (κ3) is 6.10. The van der Waals surface area contributed by atoms with Crippen molar-refractivity contribution in [1.82, 2.24) is 4.98 Å². The van der Waals surface area contributed by atoms with Gasteiger partial charge in [-0.05, 0) is 0 Å². The number of carboxylic acids is 1. The van der Waals surface area contributed by atoms with Crippen molar-refractivity contribution in [2.24, 2.45) is 0 Å². The minimum atomic E-state index is -3.50. The Morgan fingerprint density at radius 1 is 1.08 bits per heavy atom. The number of aromatic nitrogens is 1. The van der Waals surface area contributed by atoms with Crippen molar-refractivity contribution in [2.45, 2.75) is 16.0 Å². The predicted octanol–water partition coefficient (Wildman–Crippen LogP) is 4.56. The van der Waals surface area contributed by atoms with Crippen LogP contribution in [0.4, 0.5) is 5.69 Å². The Kier molecular flexibility index (Phi) is 7.96. The standard InChI is InChI=1S/C26H20AsClN2O7S/c1-38(36,37)17-8-9-18(21(28)14-17)25(31)27-20(26(32)33)13-15-6-10-22-16(12-15)7-11-23(29-22)19-4-2-3-5-24(19)30(34)35/h2-12,14,20,27H,13H2,1H3,(H,32,33)/t20-/m0/s1. The van der Waals surface area contributed by atoms with Crippen LogP contribution in [-0.2, 0) is 21.1 Å². The number of halogens is 1. The van der Waals surface area contributed by atoms with Crippen LogP contribution in [0.2, 0.25) is 9.73 Å². The molecule has 4 rings (SSSR count). The maximum absolute atomic E-state index is 12.9. The number of rotatable bonds is 9. The molecule has 2 atom stereocenters. The zero-order chi connectivity index (χ0) is 27.6. The number of sulfone groups is 1. The number of nitro groups is 1. The molecule has 3 aromatic carbocycles. The van der Waals surface area contributed by atoms with Crippen molar-refractivity contribution in [2.75, 3.05) is 6.26 Å². The van der Waals surface area contributed by atoms with E-state index in [9.17, 15) is 33.2 Å². The van der Waals surface area contributed by atoms with Crippen LogP contribution in [0.3, 0.4) is 0 Å². The van der Waals surface area contributed by atoms with Gasteiger partial charge in [0, 0.05) is 0 Å². The second-order valence-electron chi connectivity index (χ2n) is 8.48. The zero-order valence-electron chi connectivity index (χ0n) is 19.8. The average molecular weight is 615 g/mol. The average Bonchev–Trinajstić information content (AvgIpc) is 2.87. The fraction of sp³-hybridized carbons (Fsp3) is 0.115. The van der Waals surface area contributed by atoms with Gasteiger partial charge in [0.25, 0.3) is 0 Å². The second kappa shape index (κ2) is 11.0. The van der Waals surface area contributed by atoms with Gasteiger partial charge in [-0.2, -0.15) is 0 Å². The molecule has 4 aromatic rings. The van der Waals surface area contributed by atoms with Crippen molar-refractivity contribution in [1.29, 1.82) is 0 Å². The normalized spacial score (nSPS) is 12.6. The maximum atomic E-state index is 12.9. The van der Waals surface area contributed by atoms with E-state index in [-0.39, 0.29) is 32.2 Å². The van der Waals surface area contributed by atoms with Crippen LogP contribution in [0.15, 0.2) is 77.7 Å². The topological polar surface area (TPSA) is 145 Å². The molecule has 0 radical (unpaired) electrons. The summed E-state index contributed by atoms with van der Waals surface area (Å²) in [5, 5.41) is 21.9. The fourth-order valence-electron chi connectivity index (χ4n) is 3.88. The van der Waals surface area contributed by atoms with E-state index >= 15 is 0 Å². The fourth-order valence-corrected chi connectivity index (χ4v) is 7.44. The van der Waals surface area contributed by atoms with E-state index in [1.807, 2.05) is 0 Å². The van der Waals surface area contributed by atoms with Crippen LogP contribution in [0, 0.1) is 10.1 Å². The number of hydrogen-bond acceptors (Lipinski definition) is 7. The number of nitrogens with zero attached hydrogens (tertiary/aromatic N) is 2. The molecule has 0 amide bonds. The van der Waals surface area contributed by atoms with E-state index in [0.717, 1.165) is 11.6 Å². The summed E-state index contributed by atoms with van der Waals surface area (Å²) in [6.07, 6.45) is 1.14. The first kappa shape index (κ1) is 27.4. The Hall–Kier alpha value is -3.59. The first-order valence-corrected chi connectivity index (χ1v) is 15.6. The molecule has 194 valence electrons. The number of aliphatic carboxylic acids is 1. The van der Waals surface area contributed by atoms with Gasteiger partial charge in [-0.25, -0.2) is 0 Å².